The lowest BCUT2D eigenvalue weighted by molar-refractivity contribution is 0.0938. The van der Waals surface area contributed by atoms with E-state index in [0.29, 0.717) is 26.0 Å². The minimum absolute atomic E-state index is 0.0296. The van der Waals surface area contributed by atoms with Crippen LogP contribution in [0.3, 0.4) is 0 Å². The lowest BCUT2D eigenvalue weighted by atomic mass is 9.99. The molecule has 4 rings (SSSR count). The average molecular weight is 437 g/mol. The topological polar surface area (TPSA) is 88.8 Å². The van der Waals surface area contributed by atoms with E-state index in [0.717, 1.165) is 0 Å². The van der Waals surface area contributed by atoms with Gasteiger partial charge in [0.05, 0.1) is 28.6 Å². The first-order valence-corrected chi connectivity index (χ1v) is 8.71. The molecule has 0 fully saturated rings. The third-order valence-electron chi connectivity index (χ3n) is 4.26. The maximum atomic E-state index is 13.0. The molecule has 2 heterocycles. The summed E-state index contributed by atoms with van der Waals surface area (Å²) in [4.78, 5) is 25.4. The van der Waals surface area contributed by atoms with Crippen molar-refractivity contribution < 1.29 is 19.1 Å². The van der Waals surface area contributed by atoms with Gasteiger partial charge in [-0.1, -0.05) is 11.6 Å². The van der Waals surface area contributed by atoms with Crippen molar-refractivity contribution in [3.63, 3.8) is 0 Å². The average Bonchev–Trinajstić information content (AvgIpc) is 2.95. The molecule has 1 atom stereocenters. The fraction of sp³-hybridized carbons (Fsp3) is 0.111. The summed E-state index contributed by atoms with van der Waals surface area (Å²) in [7, 11) is 1.41. The molecule has 132 valence electrons. The zero-order valence-electron chi connectivity index (χ0n) is 13.3. The highest BCUT2D eigenvalue weighted by Crippen LogP contribution is 2.40. The number of phenolic OH excluding ortho intramolecular Hbond substituents is 1. The Kier molecular flexibility index (Phi) is 3.93. The number of rotatable bonds is 2. The molecule has 0 bridgehead atoms. The van der Waals surface area contributed by atoms with Gasteiger partial charge in [-0.15, -0.1) is 0 Å². The monoisotopic (exact) mass is 435 g/mol. The number of fused-ring (bicyclic) bond motifs is 2. The molecule has 1 unspecified atom stereocenters. The molecule has 0 saturated heterocycles. The van der Waals surface area contributed by atoms with Crippen molar-refractivity contribution in [3.8, 4) is 11.5 Å². The highest BCUT2D eigenvalue weighted by atomic mass is 79.9. The molecule has 0 spiro atoms. The summed E-state index contributed by atoms with van der Waals surface area (Å²) in [5.41, 5.74) is 0.713. The molecule has 2 N–H and O–H groups in total. The molecule has 3 aromatic rings. The van der Waals surface area contributed by atoms with Crippen LogP contribution in [0.5, 0.6) is 11.5 Å². The highest BCUT2D eigenvalue weighted by Gasteiger charge is 2.36. The molecule has 1 aliphatic rings. The van der Waals surface area contributed by atoms with Crippen LogP contribution in [0.25, 0.3) is 11.0 Å². The zero-order valence-corrected chi connectivity index (χ0v) is 15.6. The third kappa shape index (κ3) is 2.47. The minimum Gasteiger partial charge on any atom is -0.503 e. The van der Waals surface area contributed by atoms with Gasteiger partial charge in [-0.05, 0) is 51.8 Å². The van der Waals surface area contributed by atoms with Crippen molar-refractivity contribution in [2.75, 3.05) is 7.11 Å². The van der Waals surface area contributed by atoms with Gasteiger partial charge in [0, 0.05) is 5.02 Å². The van der Waals surface area contributed by atoms with E-state index in [2.05, 4.69) is 21.2 Å². The highest BCUT2D eigenvalue weighted by molar-refractivity contribution is 9.10. The zero-order chi connectivity index (χ0) is 18.6. The number of hydrogen-bond donors (Lipinski definition) is 2. The fourth-order valence-electron chi connectivity index (χ4n) is 3.05. The van der Waals surface area contributed by atoms with Crippen LogP contribution in [0.15, 0.2) is 44.0 Å². The van der Waals surface area contributed by atoms with Crippen molar-refractivity contribution in [3.05, 3.63) is 66.9 Å². The van der Waals surface area contributed by atoms with E-state index >= 15 is 0 Å². The molecule has 0 radical (unpaired) electrons. The predicted octanol–water partition coefficient (Wildman–Crippen LogP) is 3.76. The fourth-order valence-corrected chi connectivity index (χ4v) is 3.68. The number of halogens is 2. The maximum absolute atomic E-state index is 13.0. The van der Waals surface area contributed by atoms with Gasteiger partial charge in [0.2, 0.25) is 5.76 Å². The van der Waals surface area contributed by atoms with E-state index in [1.54, 1.807) is 24.3 Å². The molecule has 0 aliphatic carbocycles. The van der Waals surface area contributed by atoms with Crippen molar-refractivity contribution in [2.45, 2.75) is 6.04 Å². The second-order valence-electron chi connectivity index (χ2n) is 5.77. The second-order valence-corrected chi connectivity index (χ2v) is 7.07. The summed E-state index contributed by atoms with van der Waals surface area (Å²) in [6.45, 7) is 0. The van der Waals surface area contributed by atoms with Crippen molar-refractivity contribution in [2.24, 2.45) is 0 Å². The van der Waals surface area contributed by atoms with E-state index in [1.165, 1.54) is 13.2 Å². The van der Waals surface area contributed by atoms with Gasteiger partial charge < -0.3 is 19.6 Å². The Bertz CT molecular complexity index is 1140. The number of benzene rings is 2. The smallest absolute Gasteiger partial charge is 0.288 e. The lowest BCUT2D eigenvalue weighted by Gasteiger charge is -2.14. The number of carbonyl (C=O) groups is 1. The second kappa shape index (κ2) is 6.03. The molecule has 1 amide bonds. The largest absolute Gasteiger partial charge is 0.503 e. The minimum atomic E-state index is -0.733. The quantitative estimate of drug-likeness (QED) is 0.639. The summed E-state index contributed by atoms with van der Waals surface area (Å²) in [5.74, 6) is -0.372. The number of amides is 1. The standard InChI is InChI=1S/C18H11BrClNO5/c1-25-12-5-7(4-10(19)16(12)23)14-13-15(22)9-6-8(20)2-3-11(9)26-17(13)18(24)21-14/h2-6,14,23H,1H3,(H,21,24). The SMILES string of the molecule is COc1cc(C2NC(=O)c3oc4ccc(Cl)cc4c(=O)c32)cc(Br)c1O. The summed E-state index contributed by atoms with van der Waals surface area (Å²) in [6, 6.07) is 7.09. The van der Waals surface area contributed by atoms with Crippen LogP contribution in [0.4, 0.5) is 0 Å². The number of nitrogens with one attached hydrogen (secondary N) is 1. The molecule has 8 heteroatoms. The van der Waals surface area contributed by atoms with Crippen molar-refractivity contribution >= 4 is 44.4 Å². The first kappa shape index (κ1) is 16.9. The normalized spacial score (nSPS) is 15.8. The van der Waals surface area contributed by atoms with Gasteiger partial charge in [-0.2, -0.15) is 0 Å². The van der Waals surface area contributed by atoms with Crippen LogP contribution in [0.1, 0.15) is 27.7 Å². The van der Waals surface area contributed by atoms with Crippen LogP contribution in [-0.4, -0.2) is 18.1 Å². The Morgan fingerprint density at radius 3 is 2.77 bits per heavy atom. The van der Waals surface area contributed by atoms with Crippen LogP contribution < -0.4 is 15.5 Å². The van der Waals surface area contributed by atoms with Gasteiger partial charge >= 0.3 is 0 Å². The number of hydrogen-bond acceptors (Lipinski definition) is 5. The molecule has 1 aliphatic heterocycles. The summed E-state index contributed by atoms with van der Waals surface area (Å²) < 4.78 is 11.2. The summed E-state index contributed by atoms with van der Waals surface area (Å²) in [6.07, 6.45) is 0. The Morgan fingerprint density at radius 2 is 2.04 bits per heavy atom. The molecule has 2 aromatic carbocycles. The Morgan fingerprint density at radius 1 is 1.27 bits per heavy atom. The van der Waals surface area contributed by atoms with Gasteiger partial charge in [-0.3, -0.25) is 9.59 Å². The maximum Gasteiger partial charge on any atom is 0.288 e. The lowest BCUT2D eigenvalue weighted by Crippen LogP contribution is -2.22. The van der Waals surface area contributed by atoms with Crippen molar-refractivity contribution in [1.82, 2.24) is 5.32 Å². The number of carbonyl (C=O) groups excluding carboxylic acids is 1. The van der Waals surface area contributed by atoms with E-state index in [4.69, 9.17) is 20.8 Å². The number of ether oxygens (including phenoxy) is 1. The van der Waals surface area contributed by atoms with Gasteiger partial charge in [0.1, 0.15) is 5.58 Å². The summed E-state index contributed by atoms with van der Waals surface area (Å²) >= 11 is 9.23. The van der Waals surface area contributed by atoms with Gasteiger partial charge in [-0.25, -0.2) is 0 Å². The van der Waals surface area contributed by atoms with E-state index in [9.17, 15) is 14.7 Å². The Labute approximate surface area is 160 Å². The van der Waals surface area contributed by atoms with E-state index in [1.807, 2.05) is 0 Å². The molecule has 0 saturated carbocycles. The van der Waals surface area contributed by atoms with Gasteiger partial charge in [0.15, 0.2) is 16.9 Å². The first-order valence-electron chi connectivity index (χ1n) is 7.54. The Balaban J connectivity index is 1.98. The van der Waals surface area contributed by atoms with Crippen molar-refractivity contribution in [1.29, 1.82) is 0 Å². The van der Waals surface area contributed by atoms with Crippen LogP contribution in [0.2, 0.25) is 5.02 Å². The molecule has 26 heavy (non-hydrogen) atoms. The Hall–Kier alpha value is -2.51. The van der Waals surface area contributed by atoms with Crippen LogP contribution >= 0.6 is 27.5 Å². The molecular formula is C18H11BrClNO5. The number of aromatic hydroxyl groups is 1. The summed E-state index contributed by atoms with van der Waals surface area (Å²) in [5, 5.41) is 13.4. The van der Waals surface area contributed by atoms with Crippen LogP contribution in [-0.2, 0) is 0 Å². The number of methoxy groups -OCH3 is 1. The molecule has 1 aromatic heterocycles. The predicted molar refractivity (Wildman–Crippen MR) is 99.2 cm³/mol. The van der Waals surface area contributed by atoms with E-state index in [-0.39, 0.29) is 28.3 Å². The number of phenols is 1. The van der Waals surface area contributed by atoms with Crippen LogP contribution in [0, 0.1) is 0 Å². The third-order valence-corrected chi connectivity index (χ3v) is 5.10. The first-order chi connectivity index (χ1) is 12.4. The molecule has 6 nitrogen and oxygen atoms in total. The molecular weight excluding hydrogens is 426 g/mol. The van der Waals surface area contributed by atoms with E-state index < -0.39 is 11.9 Å². The van der Waals surface area contributed by atoms with Gasteiger partial charge in [0.25, 0.3) is 5.91 Å².